The number of carbonyl (C=O) groups excluding carboxylic acids is 1. The molecule has 0 aliphatic carbocycles. The molecular weight excluding hydrogens is 302 g/mol. The van der Waals surface area contributed by atoms with E-state index >= 15 is 0 Å². The van der Waals surface area contributed by atoms with Crippen molar-refractivity contribution < 1.29 is 19.1 Å². The van der Waals surface area contributed by atoms with Gasteiger partial charge in [0, 0.05) is 24.0 Å². The summed E-state index contributed by atoms with van der Waals surface area (Å²) in [6.07, 6.45) is 1.16. The first-order valence-electron chi connectivity index (χ1n) is 7.33. The Morgan fingerprint density at radius 3 is 2.77 bits per heavy atom. The fraction of sp³-hybridized carbons (Fsp3) is 0.438. The highest BCUT2D eigenvalue weighted by Gasteiger charge is 2.30. The van der Waals surface area contributed by atoms with Crippen molar-refractivity contribution in [2.75, 3.05) is 20.2 Å². The van der Waals surface area contributed by atoms with Crippen molar-refractivity contribution in [2.24, 2.45) is 5.92 Å². The Morgan fingerprint density at radius 2 is 2.18 bits per heavy atom. The van der Waals surface area contributed by atoms with Gasteiger partial charge in [0.15, 0.2) is 5.76 Å². The molecule has 1 aliphatic heterocycles. The van der Waals surface area contributed by atoms with E-state index in [0.717, 1.165) is 17.7 Å². The highest BCUT2D eigenvalue weighted by molar-refractivity contribution is 7.10. The monoisotopic (exact) mass is 321 g/mol. The van der Waals surface area contributed by atoms with Crippen molar-refractivity contribution in [3.05, 3.63) is 40.3 Å². The molecular formula is C16H19NO4S. The number of rotatable bonds is 4. The molecule has 0 unspecified atom stereocenters. The van der Waals surface area contributed by atoms with Gasteiger partial charge in [-0.25, -0.2) is 0 Å². The zero-order valence-electron chi connectivity index (χ0n) is 12.4. The van der Waals surface area contributed by atoms with Gasteiger partial charge in [0.1, 0.15) is 0 Å². The molecule has 5 nitrogen and oxygen atoms in total. The summed E-state index contributed by atoms with van der Waals surface area (Å²) in [6.45, 7) is 1.27. The van der Waals surface area contributed by atoms with Crippen molar-refractivity contribution >= 4 is 17.2 Å². The van der Waals surface area contributed by atoms with E-state index < -0.39 is 6.10 Å². The molecule has 1 amide bonds. The Hall–Kier alpha value is -1.79. The van der Waals surface area contributed by atoms with Gasteiger partial charge in [0.25, 0.3) is 11.9 Å². The Kier molecular flexibility index (Phi) is 4.49. The maximum absolute atomic E-state index is 12.4. The first-order chi connectivity index (χ1) is 10.7. The summed E-state index contributed by atoms with van der Waals surface area (Å²) in [6, 6.07) is 7.18. The van der Waals surface area contributed by atoms with Crippen molar-refractivity contribution in [2.45, 2.75) is 18.9 Å². The molecule has 1 atom stereocenters. The number of furan rings is 1. The number of aliphatic hydroxyl groups is 1. The molecule has 0 aromatic carbocycles. The van der Waals surface area contributed by atoms with Crippen LogP contribution < -0.4 is 4.74 Å². The lowest BCUT2D eigenvalue weighted by atomic mass is 9.90. The number of ether oxygens (including phenoxy) is 1. The van der Waals surface area contributed by atoms with E-state index in [2.05, 4.69) is 0 Å². The molecule has 0 saturated carbocycles. The molecule has 2 aromatic rings. The number of aliphatic hydroxyl groups excluding tert-OH is 1. The topological polar surface area (TPSA) is 62.9 Å². The number of methoxy groups -OCH3 is 1. The number of thiophene rings is 1. The minimum absolute atomic E-state index is 0.118. The van der Waals surface area contributed by atoms with Crippen LogP contribution in [-0.2, 0) is 0 Å². The first kappa shape index (κ1) is 15.1. The SMILES string of the molecule is COc1ccc(C(=O)N2CCC([C@H](O)c3cccs3)CC2)o1. The molecule has 2 aromatic heterocycles. The molecule has 3 heterocycles. The quantitative estimate of drug-likeness (QED) is 0.940. The molecule has 6 heteroatoms. The predicted octanol–water partition coefficient (Wildman–Crippen LogP) is 2.94. The van der Waals surface area contributed by atoms with E-state index in [-0.39, 0.29) is 11.8 Å². The number of carbonyl (C=O) groups is 1. The standard InChI is InChI=1S/C16H19NO4S/c1-20-14-5-4-12(21-14)16(19)17-8-6-11(7-9-17)15(18)13-3-2-10-22-13/h2-5,10-11,15,18H,6-9H2,1H3/t15-/m0/s1. The number of amides is 1. The summed E-state index contributed by atoms with van der Waals surface area (Å²) < 4.78 is 10.3. The Balaban J connectivity index is 1.58. The minimum Gasteiger partial charge on any atom is -0.468 e. The van der Waals surface area contributed by atoms with Crippen molar-refractivity contribution in [1.29, 1.82) is 0 Å². The number of hydrogen-bond donors (Lipinski definition) is 1. The minimum atomic E-state index is -0.430. The van der Waals surface area contributed by atoms with E-state index in [0.29, 0.717) is 24.8 Å². The Morgan fingerprint density at radius 1 is 1.41 bits per heavy atom. The lowest BCUT2D eigenvalue weighted by Crippen LogP contribution is -2.39. The molecule has 1 fully saturated rings. The van der Waals surface area contributed by atoms with Gasteiger partial charge >= 0.3 is 0 Å². The number of piperidine rings is 1. The lowest BCUT2D eigenvalue weighted by molar-refractivity contribution is 0.0450. The van der Waals surface area contributed by atoms with Crippen LogP contribution in [0.5, 0.6) is 5.95 Å². The van der Waals surface area contributed by atoms with Crippen LogP contribution in [0.4, 0.5) is 0 Å². The average molecular weight is 321 g/mol. The van der Waals surface area contributed by atoms with Crippen molar-refractivity contribution in [3.8, 4) is 5.95 Å². The molecule has 0 spiro atoms. The predicted molar refractivity (Wildman–Crippen MR) is 83.2 cm³/mol. The zero-order chi connectivity index (χ0) is 15.5. The fourth-order valence-electron chi connectivity index (χ4n) is 2.81. The second-order valence-corrected chi connectivity index (χ2v) is 6.39. The molecule has 1 aliphatic rings. The van der Waals surface area contributed by atoms with Crippen LogP contribution in [0.3, 0.4) is 0 Å². The highest BCUT2D eigenvalue weighted by atomic mass is 32.1. The third kappa shape index (κ3) is 3.03. The van der Waals surface area contributed by atoms with Crippen LogP contribution in [0, 0.1) is 5.92 Å². The van der Waals surface area contributed by atoms with Crippen LogP contribution in [0.25, 0.3) is 0 Å². The molecule has 0 bridgehead atoms. The summed E-state index contributed by atoms with van der Waals surface area (Å²) in [4.78, 5) is 15.1. The van der Waals surface area contributed by atoms with Crippen molar-refractivity contribution in [1.82, 2.24) is 4.90 Å². The maximum Gasteiger partial charge on any atom is 0.289 e. The van der Waals surface area contributed by atoms with Gasteiger partial charge in [0.05, 0.1) is 13.2 Å². The van der Waals surface area contributed by atoms with Crippen LogP contribution in [0.2, 0.25) is 0 Å². The molecule has 0 radical (unpaired) electrons. The van der Waals surface area contributed by atoms with E-state index in [1.807, 2.05) is 17.5 Å². The van der Waals surface area contributed by atoms with Crippen molar-refractivity contribution in [3.63, 3.8) is 0 Å². The zero-order valence-corrected chi connectivity index (χ0v) is 13.2. The molecule has 1 saturated heterocycles. The summed E-state index contributed by atoms with van der Waals surface area (Å²) in [5.74, 6) is 0.724. The largest absolute Gasteiger partial charge is 0.468 e. The summed E-state index contributed by atoms with van der Waals surface area (Å²) >= 11 is 1.57. The Labute approximate surface area is 133 Å². The van der Waals surface area contributed by atoms with Gasteiger partial charge < -0.3 is 19.2 Å². The highest BCUT2D eigenvalue weighted by Crippen LogP contribution is 2.33. The van der Waals surface area contributed by atoms with Gasteiger partial charge in [-0.2, -0.15) is 0 Å². The van der Waals surface area contributed by atoms with Gasteiger partial charge in [-0.05, 0) is 36.3 Å². The number of hydrogen-bond acceptors (Lipinski definition) is 5. The van der Waals surface area contributed by atoms with Crippen LogP contribution in [-0.4, -0.2) is 36.1 Å². The fourth-order valence-corrected chi connectivity index (χ4v) is 3.61. The normalized spacial score (nSPS) is 17.5. The smallest absolute Gasteiger partial charge is 0.289 e. The summed E-state index contributed by atoms with van der Waals surface area (Å²) in [5.41, 5.74) is 0. The van der Waals surface area contributed by atoms with Crippen LogP contribution in [0.1, 0.15) is 34.4 Å². The second-order valence-electron chi connectivity index (χ2n) is 5.41. The average Bonchev–Trinajstić information content (AvgIpc) is 3.25. The molecule has 118 valence electrons. The third-order valence-electron chi connectivity index (χ3n) is 4.10. The third-order valence-corrected chi connectivity index (χ3v) is 5.04. The van der Waals surface area contributed by atoms with E-state index in [1.54, 1.807) is 28.4 Å². The van der Waals surface area contributed by atoms with E-state index in [9.17, 15) is 9.90 Å². The Bertz CT molecular complexity index is 614. The summed E-state index contributed by atoms with van der Waals surface area (Å²) in [7, 11) is 1.50. The molecule has 1 N–H and O–H groups in total. The van der Waals surface area contributed by atoms with Crippen LogP contribution >= 0.6 is 11.3 Å². The van der Waals surface area contributed by atoms with E-state index in [4.69, 9.17) is 9.15 Å². The number of likely N-dealkylation sites (tertiary alicyclic amines) is 1. The van der Waals surface area contributed by atoms with Gasteiger partial charge in [-0.15, -0.1) is 11.3 Å². The van der Waals surface area contributed by atoms with E-state index in [1.165, 1.54) is 7.11 Å². The van der Waals surface area contributed by atoms with Crippen LogP contribution in [0.15, 0.2) is 34.1 Å². The maximum atomic E-state index is 12.4. The second kappa shape index (κ2) is 6.54. The number of nitrogens with zero attached hydrogens (tertiary/aromatic N) is 1. The van der Waals surface area contributed by atoms with Gasteiger partial charge in [0.2, 0.25) is 0 Å². The first-order valence-corrected chi connectivity index (χ1v) is 8.21. The van der Waals surface area contributed by atoms with Gasteiger partial charge in [-0.3, -0.25) is 4.79 Å². The molecule has 3 rings (SSSR count). The lowest BCUT2D eigenvalue weighted by Gasteiger charge is -2.33. The van der Waals surface area contributed by atoms with Gasteiger partial charge in [-0.1, -0.05) is 6.07 Å². The summed E-state index contributed by atoms with van der Waals surface area (Å²) in [5, 5.41) is 12.4. The molecule has 22 heavy (non-hydrogen) atoms.